The van der Waals surface area contributed by atoms with E-state index in [1.54, 1.807) is 18.3 Å². The quantitative estimate of drug-likeness (QED) is 0.734. The van der Waals surface area contributed by atoms with Gasteiger partial charge in [-0.05, 0) is 24.2 Å². The van der Waals surface area contributed by atoms with Crippen LogP contribution in [0.2, 0.25) is 5.02 Å². The third-order valence-corrected chi connectivity index (χ3v) is 1.92. The molecule has 0 saturated heterocycles. The standard InChI is InChI=1S/C9H6ClNO/c10-7-3-4-8(12)9-6(7)2-1-5-11-9/h1-5,12H/i4D/hD. The molecule has 0 aliphatic heterocycles. The van der Waals surface area contributed by atoms with E-state index >= 15 is 0 Å². The summed E-state index contributed by atoms with van der Waals surface area (Å²) in [6.07, 6.45) is 1.57. The Morgan fingerprint density at radius 2 is 2.50 bits per heavy atom. The fourth-order valence-electron chi connectivity index (χ4n) is 1.05. The Hall–Kier alpha value is -1.28. The molecule has 1 heterocycles. The van der Waals surface area contributed by atoms with E-state index in [4.69, 9.17) is 14.4 Å². The van der Waals surface area contributed by atoms with Gasteiger partial charge in [-0.3, -0.25) is 4.98 Å². The van der Waals surface area contributed by atoms with Crippen LogP contribution in [-0.2, 0) is 0 Å². The first-order chi connectivity index (χ1) is 6.74. The minimum Gasteiger partial charge on any atom is -0.506 e. The zero-order chi connectivity index (χ0) is 10.1. The van der Waals surface area contributed by atoms with E-state index < -0.39 is 0 Å². The predicted octanol–water partition coefficient (Wildman–Crippen LogP) is 2.59. The Morgan fingerprint density at radius 3 is 3.33 bits per heavy atom. The van der Waals surface area contributed by atoms with Crippen LogP contribution in [0.5, 0.6) is 5.75 Å². The lowest BCUT2D eigenvalue weighted by molar-refractivity contribution is 0.480. The van der Waals surface area contributed by atoms with Crippen LogP contribution in [0.1, 0.15) is 1.37 Å². The summed E-state index contributed by atoms with van der Waals surface area (Å²) in [5, 5.41) is 5.49. The van der Waals surface area contributed by atoms with E-state index in [0.717, 1.165) is 0 Å². The molecule has 1 aromatic heterocycles. The Labute approximate surface area is 77.3 Å². The van der Waals surface area contributed by atoms with Crippen LogP contribution >= 0.6 is 11.6 Å². The van der Waals surface area contributed by atoms with Crippen molar-refractivity contribution in [1.82, 2.24) is 4.98 Å². The van der Waals surface area contributed by atoms with Crippen LogP contribution in [0.4, 0.5) is 0 Å². The van der Waals surface area contributed by atoms with E-state index in [9.17, 15) is 0 Å². The molecule has 12 heavy (non-hydrogen) atoms. The Bertz CT molecular complexity index is 489. The molecule has 60 valence electrons. The van der Waals surface area contributed by atoms with Gasteiger partial charge in [0.15, 0.2) is 0 Å². The van der Waals surface area contributed by atoms with Crippen molar-refractivity contribution >= 4 is 22.5 Å². The van der Waals surface area contributed by atoms with Gasteiger partial charge in [-0.1, -0.05) is 11.6 Å². The third-order valence-electron chi connectivity index (χ3n) is 1.61. The molecule has 0 aliphatic carbocycles. The van der Waals surface area contributed by atoms with Gasteiger partial charge in [0.2, 0.25) is 0 Å². The van der Waals surface area contributed by atoms with Crippen LogP contribution in [0.3, 0.4) is 0 Å². The molecule has 0 radical (unpaired) electrons. The number of halogens is 1. The van der Waals surface area contributed by atoms with Crippen molar-refractivity contribution in [2.75, 3.05) is 0 Å². The lowest BCUT2D eigenvalue weighted by atomic mass is 10.2. The minimum absolute atomic E-state index is 0.0659. The van der Waals surface area contributed by atoms with Crippen molar-refractivity contribution in [3.05, 3.63) is 35.5 Å². The topological polar surface area (TPSA) is 33.1 Å². The molecule has 1 N–H and O–H groups in total. The molecule has 1 aromatic carbocycles. The summed E-state index contributed by atoms with van der Waals surface area (Å²) in [5.74, 6) is 0.130. The maximum absolute atomic E-state index is 7.52. The third kappa shape index (κ3) is 1.01. The molecule has 0 unspecified atom stereocenters. The molecule has 2 rings (SSSR count). The first-order valence-corrected chi connectivity index (χ1v) is 3.79. The lowest BCUT2D eigenvalue weighted by Gasteiger charge is -2.00. The average molecular weight is 182 g/mol. The molecule has 0 aliphatic rings. The van der Waals surface area contributed by atoms with Gasteiger partial charge in [0.05, 0.1) is 6.39 Å². The van der Waals surface area contributed by atoms with Crippen molar-refractivity contribution in [3.8, 4) is 5.75 Å². The summed E-state index contributed by atoms with van der Waals surface area (Å²) in [4.78, 5) is 4.02. The fourth-order valence-corrected chi connectivity index (χ4v) is 1.26. The van der Waals surface area contributed by atoms with Gasteiger partial charge >= 0.3 is 0 Å². The van der Waals surface area contributed by atoms with Gasteiger partial charge in [0.1, 0.15) is 11.3 Å². The van der Waals surface area contributed by atoms with Crippen LogP contribution in [0.25, 0.3) is 10.9 Å². The van der Waals surface area contributed by atoms with Crippen molar-refractivity contribution < 1.29 is 6.48 Å². The zero-order valence-corrected chi connectivity index (χ0v) is 6.80. The number of nitrogens with zero attached hydrogens (tertiary/aromatic N) is 1. The van der Waals surface area contributed by atoms with Gasteiger partial charge in [-0.2, -0.15) is 0 Å². The highest BCUT2D eigenvalue weighted by Crippen LogP contribution is 2.28. The normalized spacial score (nSPS) is 12.4. The highest BCUT2D eigenvalue weighted by Gasteiger charge is 2.02. The lowest BCUT2D eigenvalue weighted by Crippen LogP contribution is -1.78. The second kappa shape index (κ2) is 2.64. The van der Waals surface area contributed by atoms with E-state index in [1.165, 1.54) is 6.07 Å². The second-order valence-electron chi connectivity index (χ2n) is 2.37. The number of pyridine rings is 1. The Morgan fingerprint density at radius 1 is 1.58 bits per heavy atom. The summed E-state index contributed by atoms with van der Waals surface area (Å²) in [6.45, 7) is 0. The number of rotatable bonds is 1. The Kier molecular flexibility index (Phi) is 1.19. The summed E-state index contributed by atoms with van der Waals surface area (Å²) in [6, 6.07) is 5.02. The number of fused-ring (bicyclic) bond motifs is 1. The zero-order valence-electron chi connectivity index (χ0n) is 8.04. The van der Waals surface area contributed by atoms with Crippen molar-refractivity contribution in [3.63, 3.8) is 0 Å². The van der Waals surface area contributed by atoms with Gasteiger partial charge in [0, 0.05) is 11.6 Å². The number of benzene rings is 1. The summed E-state index contributed by atoms with van der Waals surface area (Å²) in [7, 11) is 0. The number of aromatic nitrogens is 1. The molecule has 0 bridgehead atoms. The highest BCUT2D eigenvalue weighted by molar-refractivity contribution is 6.35. The number of hydrogen-bond donors (Lipinski definition) is 1. The monoisotopic (exact) mass is 181 g/mol. The van der Waals surface area contributed by atoms with E-state index in [2.05, 4.69) is 10.1 Å². The molecular formula is C9H6ClNO. The molecule has 2 nitrogen and oxygen atoms in total. The van der Waals surface area contributed by atoms with Crippen LogP contribution < -0.4 is 0 Å². The number of aromatic hydroxyl groups is 1. The average Bonchev–Trinajstić information content (AvgIpc) is 2.18. The highest BCUT2D eigenvalue weighted by atomic mass is 35.5. The van der Waals surface area contributed by atoms with Crippen LogP contribution in [0, 0.1) is 0 Å². The molecule has 0 spiro atoms. The number of hydrogen-bond acceptors (Lipinski definition) is 2. The van der Waals surface area contributed by atoms with E-state index in [-0.39, 0.29) is 11.8 Å². The van der Waals surface area contributed by atoms with Crippen LogP contribution in [-0.4, -0.2) is 11.5 Å². The molecule has 0 fully saturated rings. The summed E-state index contributed by atoms with van der Waals surface area (Å²) in [5.41, 5.74) is 0.444. The number of phenols is 1. The molecular weight excluding hydrogens is 174 g/mol. The molecule has 0 amide bonds. The first kappa shape index (κ1) is 5.38. The summed E-state index contributed by atoms with van der Waals surface area (Å²) >= 11 is 5.91. The molecule has 0 atom stereocenters. The van der Waals surface area contributed by atoms with Crippen LogP contribution in [0.15, 0.2) is 30.4 Å². The smallest absolute Gasteiger partial charge is 0.293 e. The minimum atomic E-state index is 0.0659. The molecule has 0 saturated carbocycles. The van der Waals surface area contributed by atoms with Gasteiger partial charge in [-0.25, -0.2) is 0 Å². The maximum atomic E-state index is 7.52. The summed E-state index contributed by atoms with van der Waals surface area (Å²) < 4.78 is 14.4. The van der Waals surface area contributed by atoms with Crippen molar-refractivity contribution in [2.24, 2.45) is 0 Å². The molecule has 2 aromatic rings. The molecule has 3 heteroatoms. The number of phenolic OH excluding ortho intramolecular Hbond substituents is 1. The maximum Gasteiger partial charge on any atom is 0.293 e. The van der Waals surface area contributed by atoms with E-state index in [0.29, 0.717) is 15.9 Å². The predicted molar refractivity (Wildman–Crippen MR) is 48.4 cm³/mol. The van der Waals surface area contributed by atoms with Gasteiger partial charge < -0.3 is 5.11 Å². The largest absolute Gasteiger partial charge is 0.506 e. The van der Waals surface area contributed by atoms with Gasteiger partial charge in [-0.15, -0.1) is 0 Å². The Balaban J connectivity index is 2.90. The van der Waals surface area contributed by atoms with Crippen molar-refractivity contribution in [1.29, 1.82) is 1.43 Å². The second-order valence-corrected chi connectivity index (χ2v) is 2.77. The first-order valence-electron chi connectivity index (χ1n) is 4.32. The van der Waals surface area contributed by atoms with Crippen molar-refractivity contribution in [2.45, 2.75) is 0 Å². The van der Waals surface area contributed by atoms with Gasteiger partial charge in [0.25, 0.3) is 1.43 Å². The fraction of sp³-hybridized carbons (Fsp3) is 0. The van der Waals surface area contributed by atoms with E-state index in [1.807, 2.05) is 0 Å². The SMILES string of the molecule is [2H]Oc1c([2H])cc(Cl)c2cccnc12.